The summed E-state index contributed by atoms with van der Waals surface area (Å²) in [7, 11) is 2.14. The molecule has 3 aromatic heterocycles. The highest BCUT2D eigenvalue weighted by Crippen LogP contribution is 2.32. The van der Waals surface area contributed by atoms with Crippen LogP contribution < -0.4 is 16.2 Å². The predicted molar refractivity (Wildman–Crippen MR) is 160 cm³/mol. The molecule has 212 valence electrons. The lowest BCUT2D eigenvalue weighted by atomic mass is 9.88. The molecule has 1 saturated carbocycles. The van der Waals surface area contributed by atoms with Gasteiger partial charge in [-0.3, -0.25) is 9.59 Å². The third-order valence-corrected chi connectivity index (χ3v) is 8.36. The monoisotopic (exact) mass is 554 g/mol. The van der Waals surface area contributed by atoms with Crippen molar-refractivity contribution in [2.45, 2.75) is 50.9 Å². The van der Waals surface area contributed by atoms with Gasteiger partial charge in [-0.2, -0.15) is 0 Å². The van der Waals surface area contributed by atoms with E-state index in [2.05, 4.69) is 43.6 Å². The van der Waals surface area contributed by atoms with Crippen LogP contribution in [0.4, 0.5) is 21.6 Å². The van der Waals surface area contributed by atoms with Crippen LogP contribution in [0.2, 0.25) is 0 Å². The number of rotatable bonds is 6. The normalized spacial score (nSPS) is 18.3. The van der Waals surface area contributed by atoms with E-state index in [1.165, 1.54) is 24.2 Å². The summed E-state index contributed by atoms with van der Waals surface area (Å²) >= 11 is 0. The number of H-pyrrole nitrogens is 1. The second kappa shape index (κ2) is 11.8. The number of hydrogen-bond acceptors (Lipinski definition) is 6. The van der Waals surface area contributed by atoms with E-state index in [1.807, 2.05) is 12.3 Å². The summed E-state index contributed by atoms with van der Waals surface area (Å²) < 4.78 is 15.4. The number of aromatic nitrogens is 3. The summed E-state index contributed by atoms with van der Waals surface area (Å²) in [6, 6.07) is 12.0. The minimum absolute atomic E-state index is 0.0213. The van der Waals surface area contributed by atoms with Crippen molar-refractivity contribution in [1.29, 1.82) is 0 Å². The molecule has 0 spiro atoms. The number of amides is 1. The molecule has 6 rings (SSSR count). The molecule has 9 heteroatoms. The highest BCUT2D eigenvalue weighted by Gasteiger charge is 2.22. The number of carbonyl (C=O) groups is 1. The Bertz CT molecular complexity index is 1610. The van der Waals surface area contributed by atoms with E-state index < -0.39 is 5.82 Å². The summed E-state index contributed by atoms with van der Waals surface area (Å²) in [5, 5.41) is 6.51. The Balaban J connectivity index is 1.27. The Morgan fingerprint density at radius 3 is 2.66 bits per heavy atom. The number of likely N-dealkylation sites (N-methyl/N-ethyl adjacent to an activating group) is 1. The molecule has 2 fully saturated rings. The van der Waals surface area contributed by atoms with Gasteiger partial charge in [-0.1, -0.05) is 25.3 Å². The second-order valence-electron chi connectivity index (χ2n) is 11.3. The maximum absolute atomic E-state index is 15.4. The molecular weight excluding hydrogens is 519 g/mol. The third kappa shape index (κ3) is 6.00. The predicted octanol–water partition coefficient (Wildman–Crippen LogP) is 6.20. The van der Waals surface area contributed by atoms with Gasteiger partial charge in [0.05, 0.1) is 22.3 Å². The summed E-state index contributed by atoms with van der Waals surface area (Å²) in [4.78, 5) is 39.7. The highest BCUT2D eigenvalue weighted by atomic mass is 19.1. The first-order chi connectivity index (χ1) is 19.9. The Kier molecular flexibility index (Phi) is 7.78. The van der Waals surface area contributed by atoms with Crippen LogP contribution in [0, 0.1) is 11.7 Å². The Morgan fingerprint density at radius 1 is 1.05 bits per heavy atom. The molecule has 1 aromatic carbocycles. The number of nitrogens with one attached hydrogen (secondary N) is 3. The largest absolute Gasteiger partial charge is 0.339 e. The molecule has 0 bridgehead atoms. The van der Waals surface area contributed by atoms with Crippen LogP contribution in [0.15, 0.2) is 59.7 Å². The molecular formula is C32H35FN6O2. The van der Waals surface area contributed by atoms with Gasteiger partial charge in [0, 0.05) is 36.1 Å². The molecule has 1 saturated heterocycles. The zero-order chi connectivity index (χ0) is 28.3. The quantitative estimate of drug-likeness (QED) is 0.262. The van der Waals surface area contributed by atoms with Gasteiger partial charge in [-0.05, 0) is 87.2 Å². The number of halogens is 1. The summed E-state index contributed by atoms with van der Waals surface area (Å²) in [5.74, 6) is 0.451. The molecule has 1 aliphatic carbocycles. The van der Waals surface area contributed by atoms with Gasteiger partial charge >= 0.3 is 0 Å². The van der Waals surface area contributed by atoms with Crippen molar-refractivity contribution in [2.24, 2.45) is 5.92 Å². The number of hydrogen-bond donors (Lipinski definition) is 3. The van der Waals surface area contributed by atoms with Crippen LogP contribution in [0.1, 0.15) is 56.4 Å². The van der Waals surface area contributed by atoms with E-state index >= 15 is 4.39 Å². The van der Waals surface area contributed by atoms with Crippen LogP contribution >= 0.6 is 0 Å². The van der Waals surface area contributed by atoms with Gasteiger partial charge in [-0.15, -0.1) is 0 Å². The van der Waals surface area contributed by atoms with Crippen LogP contribution in [0.25, 0.3) is 22.2 Å². The maximum atomic E-state index is 15.4. The van der Waals surface area contributed by atoms with Gasteiger partial charge in [0.15, 0.2) is 0 Å². The molecule has 1 aliphatic heterocycles. The first kappa shape index (κ1) is 27.1. The maximum Gasteiger partial charge on any atom is 0.259 e. The van der Waals surface area contributed by atoms with Crippen molar-refractivity contribution in [3.8, 4) is 11.3 Å². The molecule has 2 aliphatic rings. The fourth-order valence-corrected chi connectivity index (χ4v) is 6.14. The molecule has 0 radical (unpaired) electrons. The average Bonchev–Trinajstić information content (AvgIpc) is 2.98. The van der Waals surface area contributed by atoms with Crippen molar-refractivity contribution in [1.82, 2.24) is 19.9 Å². The van der Waals surface area contributed by atoms with Gasteiger partial charge in [0.25, 0.3) is 5.56 Å². The van der Waals surface area contributed by atoms with Crippen LogP contribution in [0.3, 0.4) is 0 Å². The lowest BCUT2D eigenvalue weighted by molar-refractivity contribution is -0.120. The van der Waals surface area contributed by atoms with Crippen LogP contribution in [-0.4, -0.2) is 45.9 Å². The highest BCUT2D eigenvalue weighted by molar-refractivity contribution is 5.95. The molecule has 1 amide bonds. The van der Waals surface area contributed by atoms with E-state index in [0.29, 0.717) is 39.7 Å². The first-order valence-electron chi connectivity index (χ1n) is 14.5. The van der Waals surface area contributed by atoms with E-state index in [-0.39, 0.29) is 22.9 Å². The number of likely N-dealkylation sites (tertiary alicyclic amines) is 1. The lowest BCUT2D eigenvalue weighted by Gasteiger charge is -2.29. The Morgan fingerprint density at radius 2 is 1.90 bits per heavy atom. The van der Waals surface area contributed by atoms with E-state index in [0.717, 1.165) is 51.6 Å². The fourth-order valence-electron chi connectivity index (χ4n) is 6.14. The molecule has 3 N–H and O–H groups in total. The minimum atomic E-state index is -0.506. The second-order valence-corrected chi connectivity index (χ2v) is 11.3. The van der Waals surface area contributed by atoms with E-state index in [9.17, 15) is 9.59 Å². The van der Waals surface area contributed by atoms with Gasteiger partial charge in [0.1, 0.15) is 11.6 Å². The lowest BCUT2D eigenvalue weighted by Crippen LogP contribution is -2.30. The van der Waals surface area contributed by atoms with Crippen LogP contribution in [0.5, 0.6) is 0 Å². The number of aromatic amines is 1. The van der Waals surface area contributed by atoms with Crippen molar-refractivity contribution in [3.63, 3.8) is 0 Å². The third-order valence-electron chi connectivity index (χ3n) is 8.36. The SMILES string of the molecule is CN1CCCC(c2ccc(Nc3cc(-c4ccc(NC(=O)C5CCCCC5)cc4F)nc4cc[nH]c(=O)c34)nc2)C1. The standard InChI is InChI=1S/C32H35FN6O2/c1-39-15-5-8-22(19-39)21-9-12-29(35-18-21)38-28-17-27(37-26-13-14-34-32(41)30(26)28)24-11-10-23(16-25(24)33)36-31(40)20-6-3-2-4-7-20/h9-14,16-18,20,22H,2-8,15,19H2,1H3,(H,34,41)(H,36,40)(H,35,37,38). The molecule has 8 nitrogen and oxygen atoms in total. The van der Waals surface area contributed by atoms with Gasteiger partial charge in [-0.25, -0.2) is 14.4 Å². The van der Waals surface area contributed by atoms with Crippen molar-refractivity contribution in [2.75, 3.05) is 30.8 Å². The molecule has 41 heavy (non-hydrogen) atoms. The zero-order valence-electron chi connectivity index (χ0n) is 23.3. The van der Waals surface area contributed by atoms with E-state index in [4.69, 9.17) is 0 Å². The number of pyridine rings is 3. The smallest absolute Gasteiger partial charge is 0.259 e. The van der Waals surface area contributed by atoms with Gasteiger partial charge < -0.3 is 20.5 Å². The topological polar surface area (TPSA) is 103 Å². The Labute approximate surface area is 238 Å². The number of carbonyl (C=O) groups excluding carboxylic acids is 1. The van der Waals surface area contributed by atoms with E-state index in [1.54, 1.807) is 24.3 Å². The average molecular weight is 555 g/mol. The molecule has 4 aromatic rings. The Hall–Kier alpha value is -4.11. The number of nitrogens with zero attached hydrogens (tertiary/aromatic N) is 3. The number of piperidine rings is 1. The molecule has 1 unspecified atom stereocenters. The summed E-state index contributed by atoms with van der Waals surface area (Å²) in [5.41, 5.74) is 2.88. The van der Waals surface area contributed by atoms with Gasteiger partial charge in [0.2, 0.25) is 5.91 Å². The zero-order valence-corrected chi connectivity index (χ0v) is 23.3. The van der Waals surface area contributed by atoms with Crippen molar-refractivity contribution < 1.29 is 9.18 Å². The number of fused-ring (bicyclic) bond motifs is 1. The summed E-state index contributed by atoms with van der Waals surface area (Å²) in [6.07, 6.45) is 10.7. The number of benzene rings is 1. The minimum Gasteiger partial charge on any atom is -0.339 e. The van der Waals surface area contributed by atoms with Crippen molar-refractivity contribution in [3.05, 3.63) is 76.6 Å². The summed E-state index contributed by atoms with van der Waals surface area (Å²) in [6.45, 7) is 2.13. The van der Waals surface area contributed by atoms with Crippen LogP contribution in [-0.2, 0) is 4.79 Å². The first-order valence-corrected chi connectivity index (χ1v) is 14.5. The molecule has 1 atom stereocenters. The van der Waals surface area contributed by atoms with Crippen molar-refractivity contribution >= 4 is 34.0 Å². The fraction of sp³-hybridized carbons (Fsp3) is 0.375. The number of anilines is 3. The molecule has 4 heterocycles.